The average Bonchev–Trinajstić information content (AvgIpc) is 3.23. The van der Waals surface area contributed by atoms with E-state index in [9.17, 15) is 4.79 Å². The Hall–Kier alpha value is -2.74. The van der Waals surface area contributed by atoms with Gasteiger partial charge in [-0.1, -0.05) is 18.2 Å². The molecule has 6 nitrogen and oxygen atoms in total. The van der Waals surface area contributed by atoms with Crippen LogP contribution in [0.2, 0.25) is 0 Å². The number of pyridine rings is 1. The quantitative estimate of drug-likeness (QED) is 0.570. The smallest absolute Gasteiger partial charge is 0.258 e. The van der Waals surface area contributed by atoms with Crippen LogP contribution in [0, 0.1) is 6.92 Å². The second kappa shape index (κ2) is 9.40. The van der Waals surface area contributed by atoms with Gasteiger partial charge in [-0.15, -0.1) is 11.3 Å². The third kappa shape index (κ3) is 4.85. The summed E-state index contributed by atoms with van der Waals surface area (Å²) in [6, 6.07) is 10.1. The van der Waals surface area contributed by atoms with Crippen LogP contribution in [-0.2, 0) is 24.3 Å². The first-order chi connectivity index (χ1) is 15.6. The highest BCUT2D eigenvalue weighted by Crippen LogP contribution is 2.27. The van der Waals surface area contributed by atoms with Crippen molar-refractivity contribution in [2.24, 2.45) is 0 Å². The minimum atomic E-state index is -0.0735. The molecule has 3 heterocycles. The number of hydrogen-bond donors (Lipinski definition) is 0. The molecule has 2 aromatic heterocycles. The van der Waals surface area contributed by atoms with Gasteiger partial charge < -0.3 is 9.47 Å². The number of ether oxygens (including phenoxy) is 2. The fourth-order valence-electron chi connectivity index (χ4n) is 4.26. The van der Waals surface area contributed by atoms with Gasteiger partial charge in [-0.05, 0) is 48.6 Å². The normalized spacial score (nSPS) is 16.5. The maximum absolute atomic E-state index is 12.8. The molecular weight excluding hydrogens is 422 g/mol. The van der Waals surface area contributed by atoms with Gasteiger partial charge >= 0.3 is 0 Å². The van der Waals surface area contributed by atoms with Gasteiger partial charge in [0.1, 0.15) is 12.4 Å². The monoisotopic (exact) mass is 449 g/mol. The molecule has 0 N–H and O–H groups in total. The highest BCUT2D eigenvalue weighted by molar-refractivity contribution is 7.09. The van der Waals surface area contributed by atoms with Crippen molar-refractivity contribution in [1.82, 2.24) is 14.5 Å². The summed E-state index contributed by atoms with van der Waals surface area (Å²) in [6.07, 6.45) is 5.73. The van der Waals surface area contributed by atoms with Gasteiger partial charge in [0.05, 0.1) is 23.9 Å². The SMILES string of the molecule is Cc1nc(COc2ccn(C3=Cc4ccc(CN5CCOCC5)cc4CC3)c(=O)c2)cs1. The first kappa shape index (κ1) is 21.1. The van der Waals surface area contributed by atoms with Gasteiger partial charge in [-0.25, -0.2) is 4.98 Å². The zero-order chi connectivity index (χ0) is 21.9. The van der Waals surface area contributed by atoms with E-state index in [1.165, 1.54) is 16.7 Å². The summed E-state index contributed by atoms with van der Waals surface area (Å²) in [5.41, 5.74) is 5.72. The van der Waals surface area contributed by atoms with E-state index in [2.05, 4.69) is 34.2 Å². The molecule has 0 bridgehead atoms. The van der Waals surface area contributed by atoms with E-state index < -0.39 is 0 Å². The van der Waals surface area contributed by atoms with Crippen LogP contribution in [-0.4, -0.2) is 40.8 Å². The van der Waals surface area contributed by atoms with Crippen LogP contribution in [0.3, 0.4) is 0 Å². The molecule has 1 aromatic carbocycles. The Kier molecular flexibility index (Phi) is 6.21. The van der Waals surface area contributed by atoms with Gasteiger partial charge in [-0.3, -0.25) is 14.3 Å². The molecule has 0 spiro atoms. The lowest BCUT2D eigenvalue weighted by molar-refractivity contribution is 0.0342. The molecule has 5 rings (SSSR count). The van der Waals surface area contributed by atoms with Crippen LogP contribution in [0.4, 0.5) is 0 Å². The number of fused-ring (bicyclic) bond motifs is 1. The summed E-state index contributed by atoms with van der Waals surface area (Å²) in [6.45, 7) is 6.93. The number of hydrogen-bond acceptors (Lipinski definition) is 6. The number of allylic oxidation sites excluding steroid dienone is 1. The van der Waals surface area contributed by atoms with Crippen LogP contribution in [0.1, 0.15) is 33.8 Å². The number of aromatic nitrogens is 2. The lowest BCUT2D eigenvalue weighted by atomic mass is 9.93. The Morgan fingerprint density at radius 3 is 2.81 bits per heavy atom. The molecule has 166 valence electrons. The molecule has 0 radical (unpaired) electrons. The molecule has 7 heteroatoms. The number of benzene rings is 1. The van der Waals surface area contributed by atoms with Crippen molar-refractivity contribution < 1.29 is 9.47 Å². The Balaban J connectivity index is 1.28. The lowest BCUT2D eigenvalue weighted by Crippen LogP contribution is -2.35. The first-order valence-electron chi connectivity index (χ1n) is 11.0. The van der Waals surface area contributed by atoms with Crippen molar-refractivity contribution >= 4 is 23.1 Å². The number of thiazole rings is 1. The molecule has 1 saturated heterocycles. The number of aryl methyl sites for hydroxylation is 2. The number of morpholine rings is 1. The average molecular weight is 450 g/mol. The minimum absolute atomic E-state index is 0.0735. The summed E-state index contributed by atoms with van der Waals surface area (Å²) in [5, 5.41) is 2.99. The van der Waals surface area contributed by atoms with Crippen LogP contribution >= 0.6 is 11.3 Å². The van der Waals surface area contributed by atoms with E-state index in [-0.39, 0.29) is 5.56 Å². The zero-order valence-corrected chi connectivity index (χ0v) is 19.1. The van der Waals surface area contributed by atoms with E-state index in [1.807, 2.05) is 24.6 Å². The van der Waals surface area contributed by atoms with Crippen molar-refractivity contribution in [3.05, 3.63) is 79.7 Å². The standard InChI is InChI=1S/C25H27N3O3S/c1-18-26-22(17-32-18)16-31-24-6-7-28(25(29)14-24)23-5-4-20-12-19(2-3-21(20)13-23)15-27-8-10-30-11-9-27/h2-3,6-7,12-14,17H,4-5,8-11,15-16H2,1H3. The largest absolute Gasteiger partial charge is 0.487 e. The highest BCUT2D eigenvalue weighted by atomic mass is 32.1. The van der Waals surface area contributed by atoms with E-state index in [4.69, 9.17) is 9.47 Å². The Bertz CT molecular complexity index is 1190. The van der Waals surface area contributed by atoms with E-state index in [0.717, 1.165) is 62.1 Å². The molecule has 0 atom stereocenters. The minimum Gasteiger partial charge on any atom is -0.487 e. The summed E-state index contributed by atoms with van der Waals surface area (Å²) in [4.78, 5) is 19.6. The number of rotatable bonds is 6. The Morgan fingerprint density at radius 2 is 2.03 bits per heavy atom. The predicted molar refractivity (Wildman–Crippen MR) is 127 cm³/mol. The van der Waals surface area contributed by atoms with Crippen molar-refractivity contribution in [2.75, 3.05) is 26.3 Å². The first-order valence-corrected chi connectivity index (χ1v) is 11.9. The molecular formula is C25H27N3O3S. The molecule has 0 saturated carbocycles. The van der Waals surface area contributed by atoms with Crippen LogP contribution in [0.5, 0.6) is 5.75 Å². The van der Waals surface area contributed by atoms with Gasteiger partial charge in [0.15, 0.2) is 0 Å². The van der Waals surface area contributed by atoms with E-state index in [0.29, 0.717) is 12.4 Å². The maximum Gasteiger partial charge on any atom is 0.258 e. The summed E-state index contributed by atoms with van der Waals surface area (Å²) < 4.78 is 12.9. The fourth-order valence-corrected chi connectivity index (χ4v) is 4.85. The maximum atomic E-state index is 12.8. The lowest BCUT2D eigenvalue weighted by Gasteiger charge is -2.27. The third-order valence-corrected chi connectivity index (χ3v) is 6.77. The third-order valence-electron chi connectivity index (χ3n) is 5.94. The zero-order valence-electron chi connectivity index (χ0n) is 18.3. The van der Waals surface area contributed by atoms with Crippen LogP contribution in [0.15, 0.2) is 46.7 Å². The molecule has 1 aliphatic heterocycles. The van der Waals surface area contributed by atoms with Crippen LogP contribution in [0.25, 0.3) is 11.8 Å². The molecule has 3 aromatic rings. The summed E-state index contributed by atoms with van der Waals surface area (Å²) in [7, 11) is 0. The van der Waals surface area contributed by atoms with Crippen LogP contribution < -0.4 is 10.3 Å². The molecule has 1 fully saturated rings. The fraction of sp³-hybridized carbons (Fsp3) is 0.360. The predicted octanol–water partition coefficient (Wildman–Crippen LogP) is 3.97. The summed E-state index contributed by atoms with van der Waals surface area (Å²) >= 11 is 1.60. The van der Waals surface area contributed by atoms with Gasteiger partial charge in [0.25, 0.3) is 5.56 Å². The number of nitrogens with zero attached hydrogens (tertiary/aromatic N) is 3. The van der Waals surface area contributed by atoms with Crippen molar-refractivity contribution in [2.45, 2.75) is 32.9 Å². The molecule has 1 aliphatic carbocycles. The van der Waals surface area contributed by atoms with Crippen molar-refractivity contribution in [3.8, 4) is 5.75 Å². The van der Waals surface area contributed by atoms with Gasteiger partial charge in [0, 0.05) is 43.0 Å². The molecule has 0 unspecified atom stereocenters. The second-order valence-electron chi connectivity index (χ2n) is 8.27. The second-order valence-corrected chi connectivity index (χ2v) is 9.34. The van der Waals surface area contributed by atoms with Gasteiger partial charge in [0.2, 0.25) is 0 Å². The summed E-state index contributed by atoms with van der Waals surface area (Å²) in [5.74, 6) is 0.571. The Labute approximate surface area is 191 Å². The topological polar surface area (TPSA) is 56.6 Å². The van der Waals surface area contributed by atoms with Crippen molar-refractivity contribution in [3.63, 3.8) is 0 Å². The molecule has 32 heavy (non-hydrogen) atoms. The molecule has 0 amide bonds. The van der Waals surface area contributed by atoms with Crippen molar-refractivity contribution in [1.29, 1.82) is 0 Å². The Morgan fingerprint density at radius 1 is 1.16 bits per heavy atom. The van der Waals surface area contributed by atoms with E-state index in [1.54, 1.807) is 22.0 Å². The molecule has 2 aliphatic rings. The highest BCUT2D eigenvalue weighted by Gasteiger charge is 2.16. The van der Waals surface area contributed by atoms with E-state index >= 15 is 0 Å². The van der Waals surface area contributed by atoms with Gasteiger partial charge in [-0.2, -0.15) is 0 Å².